The van der Waals surface area contributed by atoms with Crippen LogP contribution in [0.15, 0.2) is 66.1 Å². The maximum absolute atomic E-state index is 5.40. The number of nitrogens with zero attached hydrogens (tertiary/aromatic N) is 1. The van der Waals surface area contributed by atoms with Gasteiger partial charge in [-0.15, -0.1) is 0 Å². The number of aliphatic imine (C=N–C) groups is 1. The number of hydrogen-bond acceptors (Lipinski definition) is 5. The Morgan fingerprint density at radius 2 is 1.87 bits per heavy atom. The second-order valence-electron chi connectivity index (χ2n) is 4.90. The standard InChI is InChI=1S/C14H20N4.C4H7N.2H2/c15-11-16-9-12-4-6-13(7-5-12)10-18-14-3-1-2-8-17-14;1-2-3-4-5;;/h3-8,16,18H,1-2,9-11,15H2;2-4H,1,5H2;2*1H/b;4-3-;;. The van der Waals surface area contributed by atoms with Gasteiger partial charge in [0, 0.05) is 28.8 Å². The van der Waals surface area contributed by atoms with Crippen molar-refractivity contribution >= 4 is 6.21 Å². The average molecular weight is 317 g/mol. The first-order chi connectivity index (χ1) is 11.3. The number of allylic oxidation sites excluding steroid dienone is 3. The van der Waals surface area contributed by atoms with Crippen LogP contribution in [0.5, 0.6) is 0 Å². The van der Waals surface area contributed by atoms with Gasteiger partial charge < -0.3 is 22.1 Å². The van der Waals surface area contributed by atoms with Gasteiger partial charge in [-0.2, -0.15) is 0 Å². The van der Waals surface area contributed by atoms with Crippen molar-refractivity contribution in [3.05, 3.63) is 72.2 Å². The third kappa shape index (κ3) is 8.60. The second kappa shape index (κ2) is 12.2. The lowest BCUT2D eigenvalue weighted by molar-refractivity contribution is 0.708. The first-order valence-corrected chi connectivity index (χ1v) is 7.74. The van der Waals surface area contributed by atoms with Gasteiger partial charge in [0.15, 0.2) is 0 Å². The average Bonchev–Trinajstić information content (AvgIpc) is 2.61. The number of benzene rings is 1. The smallest absolute Gasteiger partial charge is 0.121 e. The van der Waals surface area contributed by atoms with E-state index < -0.39 is 0 Å². The third-order valence-electron chi connectivity index (χ3n) is 3.08. The summed E-state index contributed by atoms with van der Waals surface area (Å²) in [5, 5.41) is 6.43. The Morgan fingerprint density at radius 1 is 1.17 bits per heavy atom. The Labute approximate surface area is 141 Å². The van der Waals surface area contributed by atoms with Gasteiger partial charge >= 0.3 is 0 Å². The molecule has 5 heteroatoms. The summed E-state index contributed by atoms with van der Waals surface area (Å²) in [4.78, 5) is 4.30. The maximum Gasteiger partial charge on any atom is 0.121 e. The molecule has 1 aromatic carbocycles. The van der Waals surface area contributed by atoms with Crippen LogP contribution in [0, 0.1) is 0 Å². The summed E-state index contributed by atoms with van der Waals surface area (Å²) in [5.41, 5.74) is 12.8. The van der Waals surface area contributed by atoms with Crippen molar-refractivity contribution in [2.75, 3.05) is 6.67 Å². The highest BCUT2D eigenvalue weighted by Gasteiger charge is 1.99. The topological polar surface area (TPSA) is 88.5 Å². The van der Waals surface area contributed by atoms with E-state index in [4.69, 9.17) is 11.5 Å². The van der Waals surface area contributed by atoms with Crippen molar-refractivity contribution in [3.8, 4) is 0 Å². The molecule has 0 saturated carbocycles. The van der Waals surface area contributed by atoms with Gasteiger partial charge in [0.25, 0.3) is 0 Å². The quantitative estimate of drug-likeness (QED) is 0.460. The molecule has 1 aromatic rings. The fourth-order valence-electron chi connectivity index (χ4n) is 1.89. The van der Waals surface area contributed by atoms with Crippen molar-refractivity contribution in [1.29, 1.82) is 0 Å². The van der Waals surface area contributed by atoms with Crippen LogP contribution in [0.2, 0.25) is 0 Å². The van der Waals surface area contributed by atoms with E-state index in [1.165, 1.54) is 17.3 Å². The van der Waals surface area contributed by atoms with Gasteiger partial charge in [0.05, 0.1) is 0 Å². The molecule has 0 fully saturated rings. The van der Waals surface area contributed by atoms with Gasteiger partial charge in [-0.3, -0.25) is 0 Å². The largest absolute Gasteiger partial charge is 0.405 e. The first kappa shape index (κ1) is 18.7. The van der Waals surface area contributed by atoms with Gasteiger partial charge in [0.2, 0.25) is 0 Å². The van der Waals surface area contributed by atoms with Gasteiger partial charge in [-0.05, 0) is 42.3 Å². The molecule has 0 spiro atoms. The Balaban J connectivity index is 0. The Bertz CT molecular complexity index is 539. The molecule has 2 rings (SSSR count). The predicted molar refractivity (Wildman–Crippen MR) is 103 cm³/mol. The highest BCUT2D eigenvalue weighted by atomic mass is 15.0. The molecule has 23 heavy (non-hydrogen) atoms. The lowest BCUT2D eigenvalue weighted by atomic mass is 10.1. The molecule has 1 aliphatic heterocycles. The van der Waals surface area contributed by atoms with E-state index in [0.29, 0.717) is 6.67 Å². The van der Waals surface area contributed by atoms with Crippen LogP contribution in [0.25, 0.3) is 0 Å². The first-order valence-electron chi connectivity index (χ1n) is 7.74. The van der Waals surface area contributed by atoms with E-state index in [0.717, 1.165) is 31.8 Å². The molecule has 128 valence electrons. The molecule has 0 bridgehead atoms. The fourth-order valence-corrected chi connectivity index (χ4v) is 1.89. The lowest BCUT2D eigenvalue weighted by Crippen LogP contribution is -2.21. The third-order valence-corrected chi connectivity index (χ3v) is 3.08. The van der Waals surface area contributed by atoms with E-state index in [9.17, 15) is 0 Å². The van der Waals surface area contributed by atoms with E-state index >= 15 is 0 Å². The molecule has 0 saturated heterocycles. The van der Waals surface area contributed by atoms with E-state index in [1.807, 2.05) is 6.21 Å². The monoisotopic (exact) mass is 317 g/mol. The van der Waals surface area contributed by atoms with E-state index in [2.05, 4.69) is 52.5 Å². The summed E-state index contributed by atoms with van der Waals surface area (Å²) in [6.07, 6.45) is 11.0. The molecule has 0 unspecified atom stereocenters. The summed E-state index contributed by atoms with van der Waals surface area (Å²) in [6.45, 7) is 5.53. The predicted octanol–water partition coefficient (Wildman–Crippen LogP) is 2.62. The number of hydrogen-bond donors (Lipinski definition) is 4. The van der Waals surface area contributed by atoms with Crippen LogP contribution < -0.4 is 22.1 Å². The maximum atomic E-state index is 5.40. The highest BCUT2D eigenvalue weighted by molar-refractivity contribution is 5.60. The Kier molecular flexibility index (Phi) is 9.91. The van der Waals surface area contributed by atoms with Gasteiger partial charge in [0.1, 0.15) is 5.82 Å². The molecule has 0 aromatic heterocycles. The number of rotatable bonds is 7. The molecule has 1 heterocycles. The molecule has 6 N–H and O–H groups in total. The van der Waals surface area contributed by atoms with Crippen LogP contribution in [-0.2, 0) is 13.1 Å². The van der Waals surface area contributed by atoms with Crippen LogP contribution in [0.4, 0.5) is 0 Å². The van der Waals surface area contributed by atoms with Gasteiger partial charge in [-0.1, -0.05) is 36.9 Å². The fraction of sp³-hybridized carbons (Fsp3) is 0.278. The van der Waals surface area contributed by atoms with Crippen molar-refractivity contribution in [3.63, 3.8) is 0 Å². The lowest BCUT2D eigenvalue weighted by Gasteiger charge is -2.10. The minimum absolute atomic E-state index is 0. The molecule has 1 aliphatic rings. The minimum atomic E-state index is 0. The normalized spacial score (nSPS) is 13.2. The Hall–Kier alpha value is -2.37. The minimum Gasteiger partial charge on any atom is -0.405 e. The molecule has 0 aliphatic carbocycles. The van der Waals surface area contributed by atoms with Crippen molar-refractivity contribution in [1.82, 2.24) is 10.6 Å². The molecular weight excluding hydrogens is 286 g/mol. The van der Waals surface area contributed by atoms with E-state index in [-0.39, 0.29) is 2.85 Å². The van der Waals surface area contributed by atoms with Crippen molar-refractivity contribution in [2.45, 2.75) is 25.9 Å². The SMILES string of the molecule is C=C/C=C\N.NCNCc1ccc(CNC2=CCCC=N2)cc1.[HH].[HH]. The highest BCUT2D eigenvalue weighted by Crippen LogP contribution is 2.07. The number of nitrogens with two attached hydrogens (primary N) is 2. The zero-order valence-electron chi connectivity index (χ0n) is 13.5. The van der Waals surface area contributed by atoms with Crippen LogP contribution in [-0.4, -0.2) is 12.9 Å². The van der Waals surface area contributed by atoms with Crippen molar-refractivity contribution in [2.24, 2.45) is 16.5 Å². The van der Waals surface area contributed by atoms with Crippen LogP contribution >= 0.6 is 0 Å². The van der Waals surface area contributed by atoms with E-state index in [1.54, 1.807) is 12.2 Å². The zero-order valence-corrected chi connectivity index (χ0v) is 13.5. The zero-order chi connectivity index (χ0) is 16.8. The molecule has 0 amide bonds. The molecule has 0 atom stereocenters. The van der Waals surface area contributed by atoms with Crippen LogP contribution in [0.1, 0.15) is 26.8 Å². The molecule has 0 radical (unpaired) electrons. The number of nitrogens with one attached hydrogen (secondary N) is 2. The van der Waals surface area contributed by atoms with Crippen molar-refractivity contribution < 1.29 is 2.85 Å². The van der Waals surface area contributed by atoms with Gasteiger partial charge in [-0.25, -0.2) is 4.99 Å². The van der Waals surface area contributed by atoms with Crippen LogP contribution in [0.3, 0.4) is 0 Å². The second-order valence-corrected chi connectivity index (χ2v) is 4.90. The summed E-state index contributed by atoms with van der Waals surface area (Å²) < 4.78 is 0. The summed E-state index contributed by atoms with van der Waals surface area (Å²) in [7, 11) is 0. The molecule has 5 nitrogen and oxygen atoms in total. The Morgan fingerprint density at radius 3 is 2.35 bits per heavy atom. The molecular formula is C18H31N5. The summed E-state index contributed by atoms with van der Waals surface area (Å²) in [5.74, 6) is 0.982. The summed E-state index contributed by atoms with van der Waals surface area (Å²) >= 11 is 0. The summed E-state index contributed by atoms with van der Waals surface area (Å²) in [6, 6.07) is 8.51.